The van der Waals surface area contributed by atoms with Crippen LogP contribution < -0.4 is 4.90 Å². The van der Waals surface area contributed by atoms with Crippen LogP contribution in [0.15, 0.2) is 6.07 Å². The van der Waals surface area contributed by atoms with E-state index in [0.29, 0.717) is 23.0 Å². The predicted molar refractivity (Wildman–Crippen MR) is 87.3 cm³/mol. The Balaban J connectivity index is 2.50. The summed E-state index contributed by atoms with van der Waals surface area (Å²) in [6, 6.07) is 1.00. The molecule has 2 rings (SSSR count). The van der Waals surface area contributed by atoms with Crippen molar-refractivity contribution in [2.75, 3.05) is 4.90 Å². The van der Waals surface area contributed by atoms with Gasteiger partial charge in [-0.2, -0.15) is 0 Å². The molecule has 0 bridgehead atoms. The van der Waals surface area contributed by atoms with Gasteiger partial charge in [0.25, 0.3) is 5.91 Å². The van der Waals surface area contributed by atoms with E-state index in [4.69, 9.17) is 11.6 Å². The van der Waals surface area contributed by atoms with Crippen LogP contribution in [0.3, 0.4) is 0 Å². The van der Waals surface area contributed by atoms with Gasteiger partial charge in [0.15, 0.2) is 0 Å². The highest BCUT2D eigenvalue weighted by atomic mass is 35.5. The van der Waals surface area contributed by atoms with E-state index in [9.17, 15) is 9.59 Å². The average molecular weight is 324 g/mol. The number of nitrogens with zero attached hydrogens (tertiary/aromatic N) is 3. The smallest absolute Gasteiger partial charge is 0.309 e. The summed E-state index contributed by atoms with van der Waals surface area (Å²) in [7, 11) is 0. The summed E-state index contributed by atoms with van der Waals surface area (Å²) in [5, 5.41) is 0.533. The molecule has 1 aromatic rings. The van der Waals surface area contributed by atoms with Gasteiger partial charge in [0.1, 0.15) is 11.9 Å². The predicted octanol–water partition coefficient (Wildman–Crippen LogP) is 3.70. The molecule has 1 atom stereocenters. The zero-order chi connectivity index (χ0) is 16.6. The Bertz CT molecular complexity index is 616. The van der Waals surface area contributed by atoms with Crippen molar-refractivity contribution in [3.8, 4) is 0 Å². The first-order valence-corrected chi connectivity index (χ1v) is 7.97. The number of hydrogen-bond donors (Lipinski definition) is 0. The summed E-state index contributed by atoms with van der Waals surface area (Å²) in [5.41, 5.74) is 1.33. The van der Waals surface area contributed by atoms with Crippen molar-refractivity contribution in [3.05, 3.63) is 22.3 Å². The number of amides is 3. The molecule has 0 aromatic carbocycles. The van der Waals surface area contributed by atoms with E-state index in [0.717, 1.165) is 12.0 Å². The fourth-order valence-electron chi connectivity index (χ4n) is 2.81. The highest BCUT2D eigenvalue weighted by Gasteiger charge is 2.47. The molecule has 0 radical (unpaired) electrons. The molecule has 0 aliphatic carbocycles. The molecule has 1 aromatic heterocycles. The van der Waals surface area contributed by atoms with Gasteiger partial charge in [-0.3, -0.25) is 4.79 Å². The summed E-state index contributed by atoms with van der Waals surface area (Å²) < 4.78 is 0. The molecule has 120 valence electrons. The Labute approximate surface area is 136 Å². The van der Waals surface area contributed by atoms with Crippen molar-refractivity contribution >= 4 is 29.4 Å². The first-order valence-electron chi connectivity index (χ1n) is 7.59. The Morgan fingerprint density at radius 2 is 1.95 bits per heavy atom. The number of aryl methyl sites for hydroxylation is 2. The van der Waals surface area contributed by atoms with Crippen LogP contribution in [0.2, 0.25) is 5.02 Å². The second-order valence-corrected chi connectivity index (χ2v) is 6.37. The number of halogens is 1. The number of pyridine rings is 1. The quantitative estimate of drug-likeness (QED) is 0.794. The molecule has 0 N–H and O–H groups in total. The van der Waals surface area contributed by atoms with Crippen molar-refractivity contribution in [1.82, 2.24) is 9.88 Å². The van der Waals surface area contributed by atoms with E-state index in [2.05, 4.69) is 4.98 Å². The van der Waals surface area contributed by atoms with Gasteiger partial charge in [-0.25, -0.2) is 14.7 Å². The zero-order valence-electron chi connectivity index (χ0n) is 13.7. The molecular formula is C16H22ClN3O2. The van der Waals surface area contributed by atoms with Crippen LogP contribution in [-0.2, 0) is 4.79 Å². The Morgan fingerprint density at radius 3 is 2.50 bits per heavy atom. The van der Waals surface area contributed by atoms with Crippen LogP contribution in [0.25, 0.3) is 0 Å². The lowest BCUT2D eigenvalue weighted by Gasteiger charge is -2.25. The van der Waals surface area contributed by atoms with E-state index in [1.165, 1.54) is 4.90 Å². The topological polar surface area (TPSA) is 53.5 Å². The van der Waals surface area contributed by atoms with Crippen LogP contribution in [-0.4, -0.2) is 33.9 Å². The molecule has 22 heavy (non-hydrogen) atoms. The zero-order valence-corrected chi connectivity index (χ0v) is 14.4. The molecule has 5 nitrogen and oxygen atoms in total. The third kappa shape index (κ3) is 2.70. The number of hydrogen-bond acceptors (Lipinski definition) is 3. The summed E-state index contributed by atoms with van der Waals surface area (Å²) in [5.74, 6) is 0.194. The number of imide groups is 1. The lowest BCUT2D eigenvalue weighted by molar-refractivity contribution is -0.120. The van der Waals surface area contributed by atoms with Gasteiger partial charge in [0.2, 0.25) is 0 Å². The number of carbonyl (C=O) groups excluding carboxylic acids is 2. The third-order valence-corrected chi connectivity index (χ3v) is 4.28. The summed E-state index contributed by atoms with van der Waals surface area (Å²) in [6.45, 7) is 9.42. The SMILES string of the molecule is CCCC1C(=O)N(c2nc(C)c(Cl)cc2C)C(=O)N1C(C)C. The molecule has 1 aliphatic heterocycles. The van der Waals surface area contributed by atoms with Crippen LogP contribution >= 0.6 is 11.6 Å². The minimum absolute atomic E-state index is 0.0355. The minimum Gasteiger partial charge on any atom is -0.309 e. The highest BCUT2D eigenvalue weighted by molar-refractivity contribution is 6.31. The molecule has 1 fully saturated rings. The molecule has 3 amide bonds. The fourth-order valence-corrected chi connectivity index (χ4v) is 3.01. The third-order valence-electron chi connectivity index (χ3n) is 3.90. The Morgan fingerprint density at radius 1 is 1.32 bits per heavy atom. The van der Waals surface area contributed by atoms with Crippen molar-refractivity contribution in [3.63, 3.8) is 0 Å². The van der Waals surface area contributed by atoms with E-state index in [1.54, 1.807) is 24.8 Å². The lowest BCUT2D eigenvalue weighted by Crippen LogP contribution is -2.40. The van der Waals surface area contributed by atoms with E-state index < -0.39 is 6.04 Å². The number of urea groups is 1. The van der Waals surface area contributed by atoms with Gasteiger partial charge in [0, 0.05) is 6.04 Å². The molecule has 0 saturated carbocycles. The molecule has 6 heteroatoms. The standard InChI is InChI=1S/C16H22ClN3O2/c1-6-7-13-15(21)20(16(22)19(13)9(2)3)14-10(4)8-12(17)11(5)18-14/h8-9,13H,6-7H2,1-5H3. The molecular weight excluding hydrogens is 302 g/mol. The number of aromatic nitrogens is 1. The molecule has 0 spiro atoms. The van der Waals surface area contributed by atoms with Gasteiger partial charge in [-0.1, -0.05) is 24.9 Å². The average Bonchev–Trinajstić information content (AvgIpc) is 2.66. The number of rotatable bonds is 4. The van der Waals surface area contributed by atoms with E-state index in [-0.39, 0.29) is 18.0 Å². The van der Waals surface area contributed by atoms with Crippen LogP contribution in [0.4, 0.5) is 10.6 Å². The van der Waals surface area contributed by atoms with Gasteiger partial charge >= 0.3 is 6.03 Å². The number of anilines is 1. The first-order chi connectivity index (χ1) is 10.3. The minimum atomic E-state index is -0.408. The largest absolute Gasteiger partial charge is 0.333 e. The van der Waals surface area contributed by atoms with E-state index >= 15 is 0 Å². The van der Waals surface area contributed by atoms with Crippen LogP contribution in [0.1, 0.15) is 44.9 Å². The van der Waals surface area contributed by atoms with E-state index in [1.807, 2.05) is 20.8 Å². The lowest BCUT2D eigenvalue weighted by atomic mass is 10.1. The normalized spacial score (nSPS) is 18.8. The van der Waals surface area contributed by atoms with Gasteiger partial charge in [0.05, 0.1) is 10.7 Å². The van der Waals surface area contributed by atoms with Crippen molar-refractivity contribution in [2.45, 2.75) is 59.5 Å². The molecule has 1 aliphatic rings. The molecule has 2 heterocycles. The second kappa shape index (κ2) is 6.24. The first kappa shape index (κ1) is 16.7. The van der Waals surface area contributed by atoms with Gasteiger partial charge < -0.3 is 4.90 Å². The molecule has 1 saturated heterocycles. The van der Waals surface area contributed by atoms with Gasteiger partial charge in [-0.15, -0.1) is 0 Å². The maximum Gasteiger partial charge on any atom is 0.333 e. The molecule has 1 unspecified atom stereocenters. The highest BCUT2D eigenvalue weighted by Crippen LogP contribution is 2.31. The van der Waals surface area contributed by atoms with Crippen molar-refractivity contribution in [1.29, 1.82) is 0 Å². The van der Waals surface area contributed by atoms with Crippen LogP contribution in [0, 0.1) is 13.8 Å². The van der Waals surface area contributed by atoms with Crippen molar-refractivity contribution < 1.29 is 9.59 Å². The monoisotopic (exact) mass is 323 g/mol. The summed E-state index contributed by atoms with van der Waals surface area (Å²) >= 11 is 6.06. The Hall–Kier alpha value is -1.62. The van der Waals surface area contributed by atoms with Crippen LogP contribution in [0.5, 0.6) is 0 Å². The summed E-state index contributed by atoms with van der Waals surface area (Å²) in [4.78, 5) is 32.7. The van der Waals surface area contributed by atoms with Crippen molar-refractivity contribution in [2.24, 2.45) is 0 Å². The second-order valence-electron chi connectivity index (χ2n) is 5.96. The number of carbonyl (C=O) groups is 2. The fraction of sp³-hybridized carbons (Fsp3) is 0.562. The maximum absolute atomic E-state index is 12.8. The summed E-state index contributed by atoms with van der Waals surface area (Å²) in [6.07, 6.45) is 1.50. The Kier molecular flexibility index (Phi) is 4.75. The maximum atomic E-state index is 12.8. The van der Waals surface area contributed by atoms with Gasteiger partial charge in [-0.05, 0) is 45.7 Å².